The Morgan fingerprint density at radius 2 is 2.27 bits per heavy atom. The molecule has 1 aromatic carbocycles. The summed E-state index contributed by atoms with van der Waals surface area (Å²) in [5, 5.41) is 9.78. The third-order valence-electron chi connectivity index (χ3n) is 2.02. The number of aromatic hydroxyl groups is 1. The average molecular weight is 206 g/mol. The monoisotopic (exact) mass is 206 g/mol. The second-order valence-electron chi connectivity index (χ2n) is 3.48. The van der Waals surface area contributed by atoms with E-state index in [0.717, 1.165) is 11.9 Å². The normalized spacial score (nSPS) is 9.73. The number of rotatable bonds is 4. The predicted octanol–water partition coefficient (Wildman–Crippen LogP) is 2.33. The molecule has 0 spiro atoms. The molecule has 3 nitrogen and oxygen atoms in total. The predicted molar refractivity (Wildman–Crippen MR) is 58.6 cm³/mol. The summed E-state index contributed by atoms with van der Waals surface area (Å²) in [5.74, 6) is 0.391. The molecule has 80 valence electrons. The fraction of sp³-hybridized carbons (Fsp3) is 0.250. The molecule has 0 aromatic heterocycles. The van der Waals surface area contributed by atoms with E-state index in [1.54, 1.807) is 6.07 Å². The van der Waals surface area contributed by atoms with Crippen LogP contribution in [0.4, 0.5) is 0 Å². The molecule has 1 rings (SSSR count). The van der Waals surface area contributed by atoms with Crippen LogP contribution >= 0.6 is 0 Å². The van der Waals surface area contributed by atoms with Gasteiger partial charge in [0.05, 0.1) is 7.11 Å². The fourth-order valence-corrected chi connectivity index (χ4v) is 1.37. The van der Waals surface area contributed by atoms with Crippen molar-refractivity contribution in [1.29, 1.82) is 0 Å². The van der Waals surface area contributed by atoms with E-state index in [0.29, 0.717) is 23.3 Å². The smallest absolute Gasteiger partial charge is 0.161 e. The highest BCUT2D eigenvalue weighted by Gasteiger charge is 2.10. The maximum atomic E-state index is 10.7. The summed E-state index contributed by atoms with van der Waals surface area (Å²) < 4.78 is 4.97. The van der Waals surface area contributed by atoms with Crippen molar-refractivity contribution in [3.8, 4) is 11.5 Å². The van der Waals surface area contributed by atoms with Gasteiger partial charge in [-0.1, -0.05) is 12.2 Å². The summed E-state index contributed by atoms with van der Waals surface area (Å²) in [6.45, 7) is 5.62. The summed E-state index contributed by atoms with van der Waals surface area (Å²) in [7, 11) is 1.45. The molecule has 3 heteroatoms. The van der Waals surface area contributed by atoms with Crippen LogP contribution in [0.5, 0.6) is 11.5 Å². The number of ether oxygens (including phenoxy) is 1. The molecule has 0 radical (unpaired) electrons. The van der Waals surface area contributed by atoms with Crippen LogP contribution in [0.25, 0.3) is 0 Å². The lowest BCUT2D eigenvalue weighted by Crippen LogP contribution is -1.94. The zero-order valence-corrected chi connectivity index (χ0v) is 8.91. The Morgan fingerprint density at radius 3 is 2.73 bits per heavy atom. The number of carbonyl (C=O) groups excluding carboxylic acids is 1. The van der Waals surface area contributed by atoms with Crippen LogP contribution in [0.2, 0.25) is 0 Å². The molecule has 0 bridgehead atoms. The molecule has 0 atom stereocenters. The van der Waals surface area contributed by atoms with E-state index >= 15 is 0 Å². The van der Waals surface area contributed by atoms with Crippen LogP contribution in [0, 0.1) is 0 Å². The Bertz CT molecular complexity index is 394. The Kier molecular flexibility index (Phi) is 3.50. The van der Waals surface area contributed by atoms with Crippen molar-refractivity contribution in [3.05, 3.63) is 35.4 Å². The quantitative estimate of drug-likeness (QED) is 0.607. The number of benzene rings is 1. The van der Waals surface area contributed by atoms with Crippen LogP contribution < -0.4 is 4.74 Å². The van der Waals surface area contributed by atoms with Gasteiger partial charge in [0.15, 0.2) is 11.5 Å². The summed E-state index contributed by atoms with van der Waals surface area (Å²) >= 11 is 0. The zero-order chi connectivity index (χ0) is 11.4. The van der Waals surface area contributed by atoms with Crippen LogP contribution in [0.15, 0.2) is 24.3 Å². The molecule has 15 heavy (non-hydrogen) atoms. The number of aldehydes is 1. The van der Waals surface area contributed by atoms with Crippen molar-refractivity contribution in [2.24, 2.45) is 0 Å². The molecule has 1 aromatic rings. The van der Waals surface area contributed by atoms with Crippen molar-refractivity contribution in [2.45, 2.75) is 13.3 Å². The van der Waals surface area contributed by atoms with Crippen LogP contribution in [0.1, 0.15) is 22.8 Å². The molecule has 0 saturated heterocycles. The number of carbonyl (C=O) groups is 1. The zero-order valence-electron chi connectivity index (χ0n) is 8.91. The number of hydrogen-bond acceptors (Lipinski definition) is 3. The topological polar surface area (TPSA) is 46.5 Å². The molecule has 0 aliphatic carbocycles. The van der Waals surface area contributed by atoms with E-state index in [-0.39, 0.29) is 5.75 Å². The Morgan fingerprint density at radius 1 is 1.60 bits per heavy atom. The minimum atomic E-state index is 0.0751. The Balaban J connectivity index is 3.23. The van der Waals surface area contributed by atoms with Crippen molar-refractivity contribution in [3.63, 3.8) is 0 Å². The number of allylic oxidation sites excluding steroid dienone is 1. The van der Waals surface area contributed by atoms with E-state index in [4.69, 9.17) is 4.74 Å². The second kappa shape index (κ2) is 4.64. The van der Waals surface area contributed by atoms with Crippen molar-refractivity contribution >= 4 is 6.29 Å². The number of methoxy groups -OCH3 is 1. The standard InChI is InChI=1S/C12H14O3/c1-8(2)4-10-5-9(7-13)6-11(15-3)12(10)14/h5-7,14H,1,4H2,2-3H3. The molecule has 0 unspecified atom stereocenters. The van der Waals surface area contributed by atoms with E-state index in [1.807, 2.05) is 6.92 Å². The van der Waals surface area contributed by atoms with Crippen LogP contribution in [-0.2, 0) is 6.42 Å². The summed E-state index contributed by atoms with van der Waals surface area (Å²) in [6, 6.07) is 3.14. The number of hydrogen-bond donors (Lipinski definition) is 1. The molecule has 1 N–H and O–H groups in total. The highest BCUT2D eigenvalue weighted by atomic mass is 16.5. The molecule has 0 heterocycles. The fourth-order valence-electron chi connectivity index (χ4n) is 1.37. The van der Waals surface area contributed by atoms with Gasteiger partial charge in [0.2, 0.25) is 0 Å². The minimum Gasteiger partial charge on any atom is -0.504 e. The number of phenols is 1. The highest BCUT2D eigenvalue weighted by molar-refractivity contribution is 5.77. The molecular weight excluding hydrogens is 192 g/mol. The molecule has 0 aliphatic heterocycles. The second-order valence-corrected chi connectivity index (χ2v) is 3.48. The molecule has 0 aliphatic rings. The van der Waals surface area contributed by atoms with Gasteiger partial charge in [0, 0.05) is 11.1 Å². The maximum absolute atomic E-state index is 10.7. The largest absolute Gasteiger partial charge is 0.504 e. The van der Waals surface area contributed by atoms with Gasteiger partial charge in [-0.05, 0) is 25.5 Å². The summed E-state index contributed by atoms with van der Waals surface area (Å²) in [4.78, 5) is 10.7. The van der Waals surface area contributed by atoms with E-state index < -0.39 is 0 Å². The highest BCUT2D eigenvalue weighted by Crippen LogP contribution is 2.32. The SMILES string of the molecule is C=C(C)Cc1cc(C=O)cc(OC)c1O. The third-order valence-corrected chi connectivity index (χ3v) is 2.02. The van der Waals surface area contributed by atoms with Gasteiger partial charge >= 0.3 is 0 Å². The lowest BCUT2D eigenvalue weighted by Gasteiger charge is -2.09. The van der Waals surface area contributed by atoms with Crippen LogP contribution in [-0.4, -0.2) is 18.5 Å². The maximum Gasteiger partial charge on any atom is 0.161 e. The Hall–Kier alpha value is -1.77. The lowest BCUT2D eigenvalue weighted by atomic mass is 10.0. The van der Waals surface area contributed by atoms with Gasteiger partial charge in [-0.3, -0.25) is 4.79 Å². The number of phenolic OH excluding ortho intramolecular Hbond substituents is 1. The van der Waals surface area contributed by atoms with Gasteiger partial charge in [-0.25, -0.2) is 0 Å². The van der Waals surface area contributed by atoms with Crippen molar-refractivity contribution in [2.75, 3.05) is 7.11 Å². The summed E-state index contributed by atoms with van der Waals surface area (Å²) in [5.41, 5.74) is 2.06. The van der Waals surface area contributed by atoms with Gasteiger partial charge < -0.3 is 9.84 Å². The summed E-state index contributed by atoms with van der Waals surface area (Å²) in [6.07, 6.45) is 1.26. The van der Waals surface area contributed by atoms with Gasteiger partial charge in [0.1, 0.15) is 6.29 Å². The first-order valence-corrected chi connectivity index (χ1v) is 4.58. The van der Waals surface area contributed by atoms with E-state index in [2.05, 4.69) is 6.58 Å². The average Bonchev–Trinajstić information content (AvgIpc) is 2.20. The van der Waals surface area contributed by atoms with Crippen molar-refractivity contribution in [1.82, 2.24) is 0 Å². The Labute approximate surface area is 89.0 Å². The van der Waals surface area contributed by atoms with Crippen LogP contribution in [0.3, 0.4) is 0 Å². The van der Waals surface area contributed by atoms with E-state index in [1.165, 1.54) is 13.2 Å². The third kappa shape index (κ3) is 2.59. The molecule has 0 amide bonds. The van der Waals surface area contributed by atoms with Gasteiger partial charge in [-0.15, -0.1) is 0 Å². The first-order valence-electron chi connectivity index (χ1n) is 4.58. The van der Waals surface area contributed by atoms with Gasteiger partial charge in [0.25, 0.3) is 0 Å². The van der Waals surface area contributed by atoms with Crippen molar-refractivity contribution < 1.29 is 14.6 Å². The first kappa shape index (κ1) is 11.3. The molecule has 0 saturated carbocycles. The lowest BCUT2D eigenvalue weighted by molar-refractivity contribution is 0.112. The molecule has 0 fully saturated rings. The first-order chi connectivity index (χ1) is 7.08. The minimum absolute atomic E-state index is 0.0751. The molecular formula is C12H14O3. The van der Waals surface area contributed by atoms with Gasteiger partial charge in [-0.2, -0.15) is 0 Å². The van der Waals surface area contributed by atoms with E-state index in [9.17, 15) is 9.90 Å².